The number of carbonyl (C=O) groups excluding carboxylic acids is 1. The number of hydrogen-bond donors (Lipinski definition) is 0. The molecule has 0 atom stereocenters. The van der Waals surface area contributed by atoms with E-state index in [1.165, 1.54) is 0 Å². The van der Waals surface area contributed by atoms with Gasteiger partial charge in [0.05, 0.1) is 19.8 Å². The van der Waals surface area contributed by atoms with Gasteiger partial charge in [-0.15, -0.1) is 0 Å². The first-order valence-corrected chi connectivity index (χ1v) is 9.89. The average molecular weight is 310 g/mol. The lowest BCUT2D eigenvalue weighted by atomic mass is 10.1. The molecular formula is C16H26O4Si. The molecule has 1 rings (SSSR count). The number of ether oxygens (including phenoxy) is 2. The van der Waals surface area contributed by atoms with Gasteiger partial charge in [-0.3, -0.25) is 4.79 Å². The van der Waals surface area contributed by atoms with Gasteiger partial charge >= 0.3 is 0 Å². The molecule has 0 bridgehead atoms. The van der Waals surface area contributed by atoms with Gasteiger partial charge in [0.25, 0.3) is 8.32 Å². The van der Waals surface area contributed by atoms with Crippen LogP contribution in [0.5, 0.6) is 17.2 Å². The summed E-state index contributed by atoms with van der Waals surface area (Å²) in [5.74, 6) is 1.77. The SMILES string of the molecule is COc1c(C=O)cc(O[Si](C)(C)C(C)(C)C)c(OC)c1C. The van der Waals surface area contributed by atoms with Crippen LogP contribution >= 0.6 is 0 Å². The molecular weight excluding hydrogens is 284 g/mol. The molecule has 5 heteroatoms. The van der Waals surface area contributed by atoms with Crippen LogP contribution in [0.25, 0.3) is 0 Å². The van der Waals surface area contributed by atoms with Crippen LogP contribution in [-0.4, -0.2) is 28.8 Å². The van der Waals surface area contributed by atoms with Crippen molar-refractivity contribution in [3.63, 3.8) is 0 Å². The topological polar surface area (TPSA) is 44.8 Å². The maximum atomic E-state index is 11.3. The second-order valence-corrected chi connectivity index (χ2v) is 11.4. The fourth-order valence-electron chi connectivity index (χ4n) is 1.89. The van der Waals surface area contributed by atoms with Crippen molar-refractivity contribution in [1.29, 1.82) is 0 Å². The summed E-state index contributed by atoms with van der Waals surface area (Å²) >= 11 is 0. The monoisotopic (exact) mass is 310 g/mol. The third-order valence-corrected chi connectivity index (χ3v) is 8.50. The summed E-state index contributed by atoms with van der Waals surface area (Å²) < 4.78 is 17.1. The van der Waals surface area contributed by atoms with E-state index in [1.54, 1.807) is 20.3 Å². The second-order valence-electron chi connectivity index (χ2n) is 6.64. The molecule has 0 aliphatic heterocycles. The number of rotatable bonds is 5. The molecule has 1 aromatic carbocycles. The highest BCUT2D eigenvalue weighted by Crippen LogP contribution is 2.44. The van der Waals surface area contributed by atoms with E-state index < -0.39 is 8.32 Å². The minimum Gasteiger partial charge on any atom is -0.541 e. The van der Waals surface area contributed by atoms with Crippen molar-refractivity contribution in [1.82, 2.24) is 0 Å². The molecule has 0 spiro atoms. The zero-order valence-electron chi connectivity index (χ0n) is 14.3. The smallest absolute Gasteiger partial charge is 0.250 e. The van der Waals surface area contributed by atoms with Gasteiger partial charge in [-0.05, 0) is 31.1 Å². The molecule has 0 aliphatic carbocycles. The van der Waals surface area contributed by atoms with E-state index in [1.807, 2.05) is 6.92 Å². The summed E-state index contributed by atoms with van der Waals surface area (Å²) in [7, 11) is 1.13. The van der Waals surface area contributed by atoms with Gasteiger partial charge in [0.15, 0.2) is 12.0 Å². The Morgan fingerprint density at radius 2 is 1.62 bits per heavy atom. The molecule has 0 fully saturated rings. The predicted molar refractivity (Wildman–Crippen MR) is 87.5 cm³/mol. The summed E-state index contributed by atoms with van der Waals surface area (Å²) in [4.78, 5) is 11.3. The van der Waals surface area contributed by atoms with Gasteiger partial charge in [-0.25, -0.2) is 0 Å². The fourth-order valence-corrected chi connectivity index (χ4v) is 2.90. The van der Waals surface area contributed by atoms with E-state index in [4.69, 9.17) is 13.9 Å². The van der Waals surface area contributed by atoms with E-state index in [9.17, 15) is 4.79 Å². The molecule has 0 unspecified atom stereocenters. The first-order chi connectivity index (χ1) is 9.59. The van der Waals surface area contributed by atoms with Gasteiger partial charge < -0.3 is 13.9 Å². The lowest BCUT2D eigenvalue weighted by molar-refractivity contribution is 0.112. The third kappa shape index (κ3) is 3.40. The number of methoxy groups -OCH3 is 2. The maximum absolute atomic E-state index is 11.3. The summed E-state index contributed by atoms with van der Waals surface area (Å²) in [5, 5.41) is 0.0627. The second kappa shape index (κ2) is 6.09. The summed E-state index contributed by atoms with van der Waals surface area (Å²) in [6.45, 7) is 12.7. The van der Waals surface area contributed by atoms with Crippen LogP contribution in [0.1, 0.15) is 36.7 Å². The predicted octanol–water partition coefficient (Wildman–Crippen LogP) is 4.21. The van der Waals surface area contributed by atoms with Crippen LogP contribution in [0.3, 0.4) is 0 Å². The van der Waals surface area contributed by atoms with Crippen molar-refractivity contribution in [2.75, 3.05) is 14.2 Å². The highest BCUT2D eigenvalue weighted by Gasteiger charge is 2.40. The lowest BCUT2D eigenvalue weighted by Crippen LogP contribution is -2.44. The summed E-state index contributed by atoms with van der Waals surface area (Å²) in [6.07, 6.45) is 0.782. The van der Waals surface area contributed by atoms with Crippen molar-refractivity contribution in [3.8, 4) is 17.2 Å². The Bertz CT molecular complexity index is 530. The Labute approximate surface area is 128 Å². The fraction of sp³-hybridized carbons (Fsp3) is 0.562. The van der Waals surface area contributed by atoms with Crippen LogP contribution in [0.4, 0.5) is 0 Å². The van der Waals surface area contributed by atoms with Crippen molar-refractivity contribution in [3.05, 3.63) is 17.2 Å². The minimum absolute atomic E-state index is 0.0627. The Morgan fingerprint density at radius 3 is 2.00 bits per heavy atom. The zero-order valence-corrected chi connectivity index (χ0v) is 15.3. The molecule has 4 nitrogen and oxygen atoms in total. The molecule has 0 saturated carbocycles. The van der Waals surface area contributed by atoms with Gasteiger partial charge in [0.2, 0.25) is 0 Å². The van der Waals surface area contributed by atoms with Crippen molar-refractivity contribution in [2.24, 2.45) is 0 Å². The van der Waals surface area contributed by atoms with E-state index in [0.717, 1.165) is 11.8 Å². The number of benzene rings is 1. The number of aldehydes is 1. The first kappa shape index (κ1) is 17.6. The van der Waals surface area contributed by atoms with E-state index in [0.29, 0.717) is 22.8 Å². The highest BCUT2D eigenvalue weighted by molar-refractivity contribution is 6.74. The standard InChI is InChI=1S/C16H26O4Si/c1-11-14(18-5)12(10-17)9-13(15(11)19-6)20-21(7,8)16(2,3)4/h9-10H,1-8H3. The maximum Gasteiger partial charge on any atom is 0.250 e. The van der Waals surface area contributed by atoms with Crippen molar-refractivity contribution >= 4 is 14.6 Å². The van der Waals surface area contributed by atoms with Gasteiger partial charge in [-0.1, -0.05) is 20.8 Å². The lowest BCUT2D eigenvalue weighted by Gasteiger charge is -2.37. The molecule has 0 aliphatic rings. The van der Waals surface area contributed by atoms with E-state index >= 15 is 0 Å². The Balaban J connectivity index is 3.43. The Morgan fingerprint density at radius 1 is 1.10 bits per heavy atom. The summed E-state index contributed by atoms with van der Waals surface area (Å²) in [6, 6.07) is 1.71. The van der Waals surface area contributed by atoms with Crippen LogP contribution in [0.2, 0.25) is 18.1 Å². The largest absolute Gasteiger partial charge is 0.541 e. The quantitative estimate of drug-likeness (QED) is 0.603. The molecule has 0 heterocycles. The molecule has 21 heavy (non-hydrogen) atoms. The van der Waals surface area contributed by atoms with E-state index in [-0.39, 0.29) is 5.04 Å². The molecule has 118 valence electrons. The van der Waals surface area contributed by atoms with Crippen molar-refractivity contribution in [2.45, 2.75) is 45.8 Å². The summed E-state index contributed by atoms with van der Waals surface area (Å²) in [5.41, 5.74) is 1.25. The number of hydrogen-bond acceptors (Lipinski definition) is 4. The van der Waals surface area contributed by atoms with Crippen LogP contribution in [0, 0.1) is 6.92 Å². The third-order valence-electron chi connectivity index (χ3n) is 4.16. The van der Waals surface area contributed by atoms with Gasteiger partial charge in [0, 0.05) is 5.56 Å². The molecule has 0 amide bonds. The zero-order chi connectivity index (χ0) is 16.4. The van der Waals surface area contributed by atoms with E-state index in [2.05, 4.69) is 33.9 Å². The molecule has 0 saturated heterocycles. The molecule has 1 aromatic rings. The van der Waals surface area contributed by atoms with Crippen LogP contribution in [0.15, 0.2) is 6.07 Å². The number of carbonyl (C=O) groups is 1. The van der Waals surface area contributed by atoms with Gasteiger partial charge in [-0.2, -0.15) is 0 Å². The van der Waals surface area contributed by atoms with Crippen molar-refractivity contribution < 1.29 is 18.7 Å². The molecule has 0 radical (unpaired) electrons. The average Bonchev–Trinajstić information content (AvgIpc) is 2.36. The molecule has 0 N–H and O–H groups in total. The minimum atomic E-state index is -2.02. The van der Waals surface area contributed by atoms with Gasteiger partial charge in [0.1, 0.15) is 11.5 Å². The Kier molecular flexibility index (Phi) is 5.10. The first-order valence-electron chi connectivity index (χ1n) is 6.98. The normalized spacial score (nSPS) is 12.0. The van der Waals surface area contributed by atoms with Crippen LogP contribution in [-0.2, 0) is 0 Å². The molecule has 0 aromatic heterocycles. The van der Waals surface area contributed by atoms with Crippen LogP contribution < -0.4 is 13.9 Å². The Hall–Kier alpha value is -1.49. The highest BCUT2D eigenvalue weighted by atomic mass is 28.4.